The molecule has 2 atom stereocenters. The zero-order valence-corrected chi connectivity index (χ0v) is 20.1. The number of ether oxygens (including phenoxy) is 1. The van der Waals surface area contributed by atoms with Gasteiger partial charge in [-0.1, -0.05) is 30.3 Å². The topological polar surface area (TPSA) is 62.7 Å². The number of aryl methyl sites for hydroxylation is 1. The van der Waals surface area contributed by atoms with Gasteiger partial charge in [0, 0.05) is 57.3 Å². The van der Waals surface area contributed by atoms with Gasteiger partial charge in [0.15, 0.2) is 0 Å². The van der Waals surface area contributed by atoms with Gasteiger partial charge in [0.25, 0.3) is 5.91 Å². The van der Waals surface area contributed by atoms with E-state index in [1.54, 1.807) is 47.3 Å². The summed E-state index contributed by atoms with van der Waals surface area (Å²) in [7, 11) is 1.79. The van der Waals surface area contributed by atoms with Gasteiger partial charge in [-0.3, -0.25) is 14.6 Å². The maximum absolute atomic E-state index is 13.4. The van der Waals surface area contributed by atoms with Gasteiger partial charge in [-0.05, 0) is 48.9 Å². The Labute approximate surface area is 205 Å². The Kier molecular flexibility index (Phi) is 7.75. The Morgan fingerprint density at radius 1 is 1.09 bits per heavy atom. The fourth-order valence-corrected chi connectivity index (χ4v) is 4.44. The molecule has 0 saturated carbocycles. The van der Waals surface area contributed by atoms with Gasteiger partial charge in [-0.15, -0.1) is 0 Å². The number of benzene rings is 2. The third-order valence-corrected chi connectivity index (χ3v) is 6.41. The van der Waals surface area contributed by atoms with E-state index in [1.165, 1.54) is 12.1 Å². The highest BCUT2D eigenvalue weighted by Gasteiger charge is 2.35. The van der Waals surface area contributed by atoms with Crippen molar-refractivity contribution in [1.29, 1.82) is 0 Å². The van der Waals surface area contributed by atoms with E-state index in [-0.39, 0.29) is 36.1 Å². The molecule has 4 rings (SSSR count). The second-order valence-corrected chi connectivity index (χ2v) is 8.99. The highest BCUT2D eigenvalue weighted by molar-refractivity contribution is 5.95. The summed E-state index contributed by atoms with van der Waals surface area (Å²) in [6.45, 7) is 3.22. The van der Waals surface area contributed by atoms with Crippen LogP contribution in [0.15, 0.2) is 72.9 Å². The van der Waals surface area contributed by atoms with E-state index >= 15 is 0 Å². The van der Waals surface area contributed by atoms with E-state index in [1.807, 2.05) is 37.3 Å². The summed E-state index contributed by atoms with van der Waals surface area (Å²) >= 11 is 0. The zero-order chi connectivity index (χ0) is 24.8. The Bertz CT molecular complexity index is 1150. The van der Waals surface area contributed by atoms with Crippen molar-refractivity contribution in [2.45, 2.75) is 32.4 Å². The highest BCUT2D eigenvalue weighted by Crippen LogP contribution is 2.28. The minimum absolute atomic E-state index is 0.0154. The van der Waals surface area contributed by atoms with Crippen molar-refractivity contribution in [3.8, 4) is 5.75 Å². The number of amides is 2. The summed E-state index contributed by atoms with van der Waals surface area (Å²) in [6.07, 6.45) is 2.21. The number of rotatable bonds is 7. The van der Waals surface area contributed by atoms with Crippen molar-refractivity contribution in [2.75, 3.05) is 20.1 Å². The van der Waals surface area contributed by atoms with Crippen molar-refractivity contribution in [2.24, 2.45) is 5.92 Å². The Morgan fingerprint density at radius 2 is 1.83 bits per heavy atom. The van der Waals surface area contributed by atoms with Gasteiger partial charge in [-0.25, -0.2) is 4.39 Å². The standard InChI is InChI=1S/C28H30FN3O3/c1-20-25(9-6-15-30-20)28(34)32-16-14-26(35-24-12-10-23(29)11-13-24)22(19-32)17-27(33)31(2)18-21-7-4-3-5-8-21/h3-13,15,22,26H,14,16-19H2,1-2H3/t22-,26-/m0/s1. The van der Waals surface area contributed by atoms with E-state index in [2.05, 4.69) is 4.98 Å². The van der Waals surface area contributed by atoms with Crippen LogP contribution >= 0.6 is 0 Å². The van der Waals surface area contributed by atoms with Crippen LogP contribution in [-0.2, 0) is 11.3 Å². The largest absolute Gasteiger partial charge is 0.490 e. The number of hydrogen-bond acceptors (Lipinski definition) is 4. The molecule has 2 heterocycles. The second-order valence-electron chi connectivity index (χ2n) is 8.99. The van der Waals surface area contributed by atoms with Crippen LogP contribution in [0.4, 0.5) is 4.39 Å². The van der Waals surface area contributed by atoms with Crippen LogP contribution in [0.1, 0.15) is 34.5 Å². The molecule has 0 aliphatic carbocycles. The molecular weight excluding hydrogens is 445 g/mol. The monoisotopic (exact) mass is 475 g/mol. The summed E-state index contributed by atoms with van der Waals surface area (Å²) in [5.74, 6) is -0.0990. The molecule has 0 radical (unpaired) electrons. The summed E-state index contributed by atoms with van der Waals surface area (Å²) < 4.78 is 19.6. The molecule has 2 aromatic carbocycles. The summed E-state index contributed by atoms with van der Waals surface area (Å²) in [5, 5.41) is 0. The van der Waals surface area contributed by atoms with E-state index in [0.29, 0.717) is 43.1 Å². The maximum Gasteiger partial charge on any atom is 0.255 e. The molecule has 1 aliphatic heterocycles. The van der Waals surface area contributed by atoms with Crippen molar-refractivity contribution >= 4 is 11.8 Å². The normalized spacial score (nSPS) is 17.6. The molecule has 1 aromatic heterocycles. The number of likely N-dealkylation sites (tertiary alicyclic amines) is 1. The smallest absolute Gasteiger partial charge is 0.255 e. The van der Waals surface area contributed by atoms with Crippen molar-refractivity contribution in [1.82, 2.24) is 14.8 Å². The number of nitrogens with zero attached hydrogens (tertiary/aromatic N) is 3. The number of piperidine rings is 1. The molecule has 1 aliphatic rings. The average molecular weight is 476 g/mol. The van der Waals surface area contributed by atoms with Crippen LogP contribution in [-0.4, -0.2) is 52.8 Å². The fraction of sp³-hybridized carbons (Fsp3) is 0.321. The third-order valence-electron chi connectivity index (χ3n) is 6.41. The van der Waals surface area contributed by atoms with Crippen LogP contribution in [0.5, 0.6) is 5.75 Å². The molecular formula is C28H30FN3O3. The molecule has 0 unspecified atom stereocenters. The van der Waals surface area contributed by atoms with E-state index < -0.39 is 0 Å². The first-order valence-corrected chi connectivity index (χ1v) is 11.8. The van der Waals surface area contributed by atoms with Crippen molar-refractivity contribution in [3.63, 3.8) is 0 Å². The number of carbonyl (C=O) groups excluding carboxylic acids is 2. The summed E-state index contributed by atoms with van der Waals surface area (Å²) in [5.41, 5.74) is 2.30. The van der Waals surface area contributed by atoms with Gasteiger partial charge < -0.3 is 14.5 Å². The lowest BCUT2D eigenvalue weighted by Crippen LogP contribution is -2.49. The Morgan fingerprint density at radius 3 is 2.54 bits per heavy atom. The van der Waals surface area contributed by atoms with E-state index in [4.69, 9.17) is 4.74 Å². The maximum atomic E-state index is 13.4. The predicted molar refractivity (Wildman–Crippen MR) is 131 cm³/mol. The lowest BCUT2D eigenvalue weighted by molar-refractivity contribution is -0.132. The molecule has 6 nitrogen and oxygen atoms in total. The lowest BCUT2D eigenvalue weighted by atomic mass is 9.90. The number of carbonyl (C=O) groups is 2. The van der Waals surface area contributed by atoms with Crippen molar-refractivity contribution in [3.05, 3.63) is 95.6 Å². The third kappa shape index (κ3) is 6.23. The first-order chi connectivity index (χ1) is 16.9. The first kappa shape index (κ1) is 24.4. The number of hydrogen-bond donors (Lipinski definition) is 0. The summed E-state index contributed by atoms with van der Waals surface area (Å²) in [4.78, 5) is 34.1. The molecule has 182 valence electrons. The molecule has 7 heteroatoms. The second kappa shape index (κ2) is 11.1. The molecule has 0 bridgehead atoms. The molecule has 3 aromatic rings. The SMILES string of the molecule is Cc1ncccc1C(=O)N1CC[C@H](Oc2ccc(F)cc2)[C@@H](CC(=O)N(C)Cc2ccccc2)C1. The quantitative estimate of drug-likeness (QED) is 0.505. The molecule has 2 amide bonds. The van der Waals surface area contributed by atoms with E-state index in [0.717, 1.165) is 5.56 Å². The van der Waals surface area contributed by atoms with Crippen LogP contribution in [0.3, 0.4) is 0 Å². The van der Waals surface area contributed by atoms with Crippen LogP contribution in [0.25, 0.3) is 0 Å². The van der Waals surface area contributed by atoms with E-state index in [9.17, 15) is 14.0 Å². The lowest BCUT2D eigenvalue weighted by Gasteiger charge is -2.39. The number of halogens is 1. The van der Waals surface area contributed by atoms with Gasteiger partial charge in [0.2, 0.25) is 5.91 Å². The Balaban J connectivity index is 1.49. The minimum Gasteiger partial charge on any atom is -0.490 e. The summed E-state index contributed by atoms with van der Waals surface area (Å²) in [6, 6.07) is 19.2. The number of pyridine rings is 1. The molecule has 1 saturated heterocycles. The van der Waals surface area contributed by atoms with Crippen LogP contribution < -0.4 is 4.74 Å². The van der Waals surface area contributed by atoms with Crippen LogP contribution in [0.2, 0.25) is 0 Å². The molecule has 0 spiro atoms. The molecule has 1 fully saturated rings. The minimum atomic E-state index is -0.334. The first-order valence-electron chi connectivity index (χ1n) is 11.8. The fourth-order valence-electron chi connectivity index (χ4n) is 4.44. The molecule has 35 heavy (non-hydrogen) atoms. The predicted octanol–water partition coefficient (Wildman–Crippen LogP) is 4.49. The van der Waals surface area contributed by atoms with Gasteiger partial charge in [-0.2, -0.15) is 0 Å². The van der Waals surface area contributed by atoms with Gasteiger partial charge in [0.1, 0.15) is 17.7 Å². The van der Waals surface area contributed by atoms with Crippen molar-refractivity contribution < 1.29 is 18.7 Å². The molecule has 0 N–H and O–H groups in total. The van der Waals surface area contributed by atoms with Crippen LogP contribution in [0, 0.1) is 18.7 Å². The Hall–Kier alpha value is -3.74. The number of aromatic nitrogens is 1. The highest BCUT2D eigenvalue weighted by atomic mass is 19.1. The zero-order valence-electron chi connectivity index (χ0n) is 20.1. The average Bonchev–Trinajstić information content (AvgIpc) is 2.87. The van der Waals surface area contributed by atoms with Gasteiger partial charge >= 0.3 is 0 Å². The van der Waals surface area contributed by atoms with Gasteiger partial charge in [0.05, 0.1) is 5.56 Å².